The first-order valence-corrected chi connectivity index (χ1v) is 12.6. The SMILES string of the molecule is COC(=O)CN(CC(=O)OC)c1ccc(Cl)cc1OCCOc1cc(C=O)c(O)cc1N(CC(=O)OC)CC(=O)OC. The number of nitrogens with zero attached hydrogens (tertiary/aromatic N) is 2. The average molecular weight is 611 g/mol. The highest BCUT2D eigenvalue weighted by Crippen LogP contribution is 2.35. The third-order valence-corrected chi connectivity index (χ3v) is 5.86. The van der Waals surface area contributed by atoms with Crippen molar-refractivity contribution >= 4 is 53.1 Å². The first kappa shape index (κ1) is 33.5. The van der Waals surface area contributed by atoms with Crippen LogP contribution < -0.4 is 19.3 Å². The highest BCUT2D eigenvalue weighted by Gasteiger charge is 2.23. The van der Waals surface area contributed by atoms with E-state index in [4.69, 9.17) is 40.0 Å². The molecule has 14 nitrogen and oxygen atoms in total. The van der Waals surface area contributed by atoms with E-state index in [2.05, 4.69) is 0 Å². The summed E-state index contributed by atoms with van der Waals surface area (Å²) in [7, 11) is 4.75. The molecular weight excluding hydrogens is 580 g/mol. The predicted molar refractivity (Wildman–Crippen MR) is 148 cm³/mol. The monoisotopic (exact) mass is 610 g/mol. The van der Waals surface area contributed by atoms with Gasteiger partial charge in [0.05, 0.1) is 45.4 Å². The molecule has 0 aromatic heterocycles. The Kier molecular flexibility index (Phi) is 13.2. The maximum atomic E-state index is 12.0. The lowest BCUT2D eigenvalue weighted by molar-refractivity contribution is -0.141. The van der Waals surface area contributed by atoms with Gasteiger partial charge in [-0.05, 0) is 18.2 Å². The molecule has 2 aromatic carbocycles. The number of carbonyl (C=O) groups excluding carboxylic acids is 5. The third kappa shape index (κ3) is 9.73. The van der Waals surface area contributed by atoms with Crippen LogP contribution in [0.4, 0.5) is 11.4 Å². The summed E-state index contributed by atoms with van der Waals surface area (Å²) in [6.45, 7) is -1.63. The molecule has 0 fully saturated rings. The van der Waals surface area contributed by atoms with Gasteiger partial charge in [-0.2, -0.15) is 0 Å². The Morgan fingerprint density at radius 3 is 1.57 bits per heavy atom. The number of aromatic hydroxyl groups is 1. The number of halogens is 1. The minimum Gasteiger partial charge on any atom is -0.507 e. The molecule has 0 bridgehead atoms. The van der Waals surface area contributed by atoms with Crippen molar-refractivity contribution in [2.45, 2.75) is 0 Å². The number of benzene rings is 2. The molecule has 0 aliphatic rings. The lowest BCUT2D eigenvalue weighted by Gasteiger charge is -2.26. The molecule has 0 atom stereocenters. The van der Waals surface area contributed by atoms with E-state index in [9.17, 15) is 29.1 Å². The number of hydrogen-bond acceptors (Lipinski definition) is 14. The number of carbonyl (C=O) groups is 5. The van der Waals surface area contributed by atoms with Crippen LogP contribution in [0.3, 0.4) is 0 Å². The van der Waals surface area contributed by atoms with Crippen LogP contribution in [-0.2, 0) is 38.1 Å². The van der Waals surface area contributed by atoms with Crippen LogP contribution in [0, 0.1) is 0 Å². The Bertz CT molecular complexity index is 1250. The molecule has 0 saturated heterocycles. The van der Waals surface area contributed by atoms with Crippen molar-refractivity contribution < 1.29 is 57.5 Å². The van der Waals surface area contributed by atoms with E-state index in [1.54, 1.807) is 12.1 Å². The van der Waals surface area contributed by atoms with Gasteiger partial charge in [-0.1, -0.05) is 11.6 Å². The molecule has 0 radical (unpaired) electrons. The Morgan fingerprint density at radius 2 is 1.14 bits per heavy atom. The molecular formula is C27H31ClN2O12. The van der Waals surface area contributed by atoms with Gasteiger partial charge in [-0.25, -0.2) is 0 Å². The van der Waals surface area contributed by atoms with Gasteiger partial charge < -0.3 is 43.3 Å². The summed E-state index contributed by atoms with van der Waals surface area (Å²) < 4.78 is 30.5. The van der Waals surface area contributed by atoms with Crippen molar-refractivity contribution in [2.24, 2.45) is 0 Å². The zero-order chi connectivity index (χ0) is 31.2. The predicted octanol–water partition coefficient (Wildman–Crippen LogP) is 1.62. The largest absolute Gasteiger partial charge is 0.507 e. The van der Waals surface area contributed by atoms with E-state index in [0.29, 0.717) is 17.0 Å². The molecule has 42 heavy (non-hydrogen) atoms. The second kappa shape index (κ2) is 16.5. The van der Waals surface area contributed by atoms with Crippen molar-refractivity contribution in [3.8, 4) is 17.2 Å². The molecule has 0 heterocycles. The van der Waals surface area contributed by atoms with E-state index in [-0.39, 0.29) is 49.1 Å². The van der Waals surface area contributed by atoms with Gasteiger partial charge in [0.25, 0.3) is 0 Å². The van der Waals surface area contributed by atoms with Crippen molar-refractivity contribution in [1.82, 2.24) is 0 Å². The maximum Gasteiger partial charge on any atom is 0.325 e. The molecule has 2 rings (SSSR count). The molecule has 0 aliphatic heterocycles. The van der Waals surface area contributed by atoms with Crippen LogP contribution in [0.5, 0.6) is 17.2 Å². The highest BCUT2D eigenvalue weighted by molar-refractivity contribution is 6.30. The topological polar surface area (TPSA) is 167 Å². The molecule has 0 amide bonds. The van der Waals surface area contributed by atoms with Gasteiger partial charge in [-0.15, -0.1) is 0 Å². The number of esters is 4. The van der Waals surface area contributed by atoms with Crippen molar-refractivity contribution in [3.05, 3.63) is 40.9 Å². The number of rotatable bonds is 16. The molecule has 2 aromatic rings. The molecule has 0 saturated carbocycles. The van der Waals surface area contributed by atoms with Crippen LogP contribution in [0.15, 0.2) is 30.3 Å². The quantitative estimate of drug-likeness (QED) is 0.126. The zero-order valence-corrected chi connectivity index (χ0v) is 24.2. The summed E-state index contributed by atoms with van der Waals surface area (Å²) in [5.41, 5.74) is 0.329. The normalized spacial score (nSPS) is 10.2. The van der Waals surface area contributed by atoms with Crippen molar-refractivity contribution in [2.75, 3.05) is 77.6 Å². The van der Waals surface area contributed by atoms with E-state index in [1.165, 1.54) is 56.4 Å². The van der Waals surface area contributed by atoms with Gasteiger partial charge in [0.1, 0.15) is 56.6 Å². The smallest absolute Gasteiger partial charge is 0.325 e. The van der Waals surface area contributed by atoms with Crippen molar-refractivity contribution in [3.63, 3.8) is 0 Å². The Morgan fingerprint density at radius 1 is 0.714 bits per heavy atom. The summed E-state index contributed by atoms with van der Waals surface area (Å²) in [6, 6.07) is 6.97. The van der Waals surface area contributed by atoms with Gasteiger partial charge >= 0.3 is 23.9 Å². The number of phenolic OH excluding ortho intramolecular Hbond substituents is 1. The van der Waals surface area contributed by atoms with Crippen LogP contribution in [0.1, 0.15) is 10.4 Å². The number of phenols is 1. The van der Waals surface area contributed by atoms with E-state index in [0.717, 1.165) is 0 Å². The molecule has 0 aliphatic carbocycles. The summed E-state index contributed by atoms with van der Waals surface area (Å²) in [5, 5.41) is 10.6. The number of ether oxygens (including phenoxy) is 6. The summed E-state index contributed by atoms with van der Waals surface area (Å²) in [5.74, 6) is -2.78. The van der Waals surface area contributed by atoms with Crippen molar-refractivity contribution in [1.29, 1.82) is 0 Å². The number of aldehydes is 1. The number of hydrogen-bond donors (Lipinski definition) is 1. The standard InChI is InChI=1S/C27H31ClN2O12/c1-37-24(33)12-29(13-25(34)38-2)19-6-5-18(28)10-23(19)42-8-7-41-22-9-17(16-31)21(32)11-20(22)30(14-26(35)39-3)15-27(36)40-4/h5-6,9-11,16,32H,7-8,12-15H2,1-4H3. The van der Waals surface area contributed by atoms with Gasteiger partial charge in [0.15, 0.2) is 6.29 Å². The lowest BCUT2D eigenvalue weighted by atomic mass is 10.1. The fourth-order valence-electron chi connectivity index (χ4n) is 3.53. The third-order valence-electron chi connectivity index (χ3n) is 5.63. The lowest BCUT2D eigenvalue weighted by Crippen LogP contribution is -2.36. The van der Waals surface area contributed by atoms with Gasteiger partial charge in [0.2, 0.25) is 0 Å². The van der Waals surface area contributed by atoms with E-state index < -0.39 is 42.7 Å². The van der Waals surface area contributed by atoms with Crippen LogP contribution in [0.25, 0.3) is 0 Å². The van der Waals surface area contributed by atoms with Gasteiger partial charge in [0, 0.05) is 17.2 Å². The Labute approximate surface area is 246 Å². The Balaban J connectivity index is 2.32. The van der Waals surface area contributed by atoms with E-state index >= 15 is 0 Å². The molecule has 228 valence electrons. The zero-order valence-electron chi connectivity index (χ0n) is 23.4. The highest BCUT2D eigenvalue weighted by atomic mass is 35.5. The first-order valence-electron chi connectivity index (χ1n) is 12.2. The van der Waals surface area contributed by atoms with Gasteiger partial charge in [-0.3, -0.25) is 24.0 Å². The summed E-state index contributed by atoms with van der Waals surface area (Å²) in [6.07, 6.45) is 0.406. The molecule has 1 N–H and O–H groups in total. The van der Waals surface area contributed by atoms with Crippen LogP contribution >= 0.6 is 11.6 Å². The molecule has 0 spiro atoms. The average Bonchev–Trinajstić information content (AvgIpc) is 2.98. The fraction of sp³-hybridized carbons (Fsp3) is 0.370. The van der Waals surface area contributed by atoms with E-state index in [1.807, 2.05) is 0 Å². The summed E-state index contributed by atoms with van der Waals surface area (Å²) >= 11 is 6.16. The number of methoxy groups -OCH3 is 4. The second-order valence-electron chi connectivity index (χ2n) is 8.32. The minimum atomic E-state index is -0.691. The molecule has 15 heteroatoms. The summed E-state index contributed by atoms with van der Waals surface area (Å²) in [4.78, 5) is 62.1. The fourth-order valence-corrected chi connectivity index (χ4v) is 3.69. The number of anilines is 2. The second-order valence-corrected chi connectivity index (χ2v) is 8.76. The maximum absolute atomic E-state index is 12.0. The molecule has 0 unspecified atom stereocenters. The minimum absolute atomic E-state index is 0.0376. The van der Waals surface area contributed by atoms with Crippen LogP contribution in [0.2, 0.25) is 5.02 Å². The van der Waals surface area contributed by atoms with Crippen LogP contribution in [-0.4, -0.2) is 103 Å². The first-order chi connectivity index (χ1) is 20.1. The Hall–Kier alpha value is -4.72.